The minimum absolute atomic E-state index is 0.0105. The lowest BCUT2D eigenvalue weighted by molar-refractivity contribution is -0.123. The molecule has 2 saturated heterocycles. The molecule has 1 aromatic carbocycles. The average Bonchev–Trinajstić information content (AvgIpc) is 3.11. The third-order valence-electron chi connectivity index (χ3n) is 5.48. The monoisotopic (exact) mass is 315 g/mol. The Hall–Kier alpha value is -1.39. The number of amides is 1. The van der Waals surface area contributed by atoms with Crippen LogP contribution in [-0.2, 0) is 17.8 Å². The normalized spacial score (nSPS) is 25.4. The van der Waals surface area contributed by atoms with E-state index >= 15 is 0 Å². The van der Waals surface area contributed by atoms with Gasteiger partial charge in [0, 0.05) is 6.54 Å². The predicted octanol–water partition coefficient (Wildman–Crippen LogP) is 1.84. The summed E-state index contributed by atoms with van der Waals surface area (Å²) in [6, 6.07) is 8.35. The minimum Gasteiger partial charge on any atom is -0.351 e. The zero-order valence-corrected chi connectivity index (χ0v) is 14.1. The van der Waals surface area contributed by atoms with E-state index in [4.69, 9.17) is 0 Å². The van der Waals surface area contributed by atoms with Gasteiger partial charge >= 0.3 is 0 Å². The van der Waals surface area contributed by atoms with Gasteiger partial charge in [0.05, 0.1) is 6.04 Å². The van der Waals surface area contributed by atoms with Crippen molar-refractivity contribution in [1.29, 1.82) is 0 Å². The summed E-state index contributed by atoms with van der Waals surface area (Å²) in [5.74, 6) is 1.60. The van der Waals surface area contributed by atoms with Crippen LogP contribution in [0.4, 0.5) is 0 Å². The molecular weight excluding hydrogens is 286 g/mol. The fourth-order valence-electron chi connectivity index (χ4n) is 4.02. The molecule has 1 aromatic rings. The van der Waals surface area contributed by atoms with Crippen molar-refractivity contribution in [2.75, 3.05) is 19.6 Å². The number of carbonyl (C=O) groups excluding carboxylic acids is 1. The third-order valence-corrected chi connectivity index (χ3v) is 5.48. The second kappa shape index (κ2) is 7.93. The maximum Gasteiger partial charge on any atom is 0.237 e. The molecule has 2 aliphatic heterocycles. The molecule has 1 unspecified atom stereocenters. The maximum absolute atomic E-state index is 12.5. The first-order valence-electron chi connectivity index (χ1n) is 9.06. The minimum atomic E-state index is -0.0105. The summed E-state index contributed by atoms with van der Waals surface area (Å²) in [4.78, 5) is 12.5. The van der Waals surface area contributed by atoms with E-state index in [1.807, 2.05) is 6.07 Å². The molecule has 2 atom stereocenters. The number of hydrogen-bond donors (Lipinski definition) is 3. The third kappa shape index (κ3) is 4.12. The topological polar surface area (TPSA) is 53.2 Å². The van der Waals surface area contributed by atoms with Crippen molar-refractivity contribution in [3.63, 3.8) is 0 Å². The lowest BCUT2D eigenvalue weighted by atomic mass is 9.83. The number of aryl methyl sites for hydroxylation is 1. The second-order valence-corrected chi connectivity index (χ2v) is 6.88. The van der Waals surface area contributed by atoms with Gasteiger partial charge in [0.1, 0.15) is 0 Å². The van der Waals surface area contributed by atoms with Gasteiger partial charge in [0.15, 0.2) is 0 Å². The van der Waals surface area contributed by atoms with Crippen molar-refractivity contribution in [3.8, 4) is 0 Å². The van der Waals surface area contributed by atoms with E-state index in [1.165, 1.54) is 24.0 Å². The molecule has 3 N–H and O–H groups in total. The van der Waals surface area contributed by atoms with Gasteiger partial charge in [-0.1, -0.05) is 31.2 Å². The molecule has 0 aliphatic carbocycles. The summed E-state index contributed by atoms with van der Waals surface area (Å²) < 4.78 is 0. The highest BCUT2D eigenvalue weighted by atomic mass is 16.2. The van der Waals surface area contributed by atoms with Crippen LogP contribution < -0.4 is 16.0 Å². The largest absolute Gasteiger partial charge is 0.351 e. The van der Waals surface area contributed by atoms with Gasteiger partial charge in [-0.05, 0) is 68.3 Å². The van der Waals surface area contributed by atoms with Crippen LogP contribution in [0.5, 0.6) is 0 Å². The van der Waals surface area contributed by atoms with Crippen LogP contribution in [0, 0.1) is 11.8 Å². The Morgan fingerprint density at radius 1 is 1.17 bits per heavy atom. The van der Waals surface area contributed by atoms with Crippen LogP contribution in [0.3, 0.4) is 0 Å². The van der Waals surface area contributed by atoms with E-state index in [0.717, 1.165) is 38.4 Å². The van der Waals surface area contributed by atoms with Gasteiger partial charge in [-0.25, -0.2) is 0 Å². The zero-order chi connectivity index (χ0) is 16.1. The first kappa shape index (κ1) is 16.5. The molecular formula is C19H29N3O. The standard InChI is InChI=1S/C19H29N3O/c1-2-14-5-3-4-6-16(14)12-22-19(23)18-11-17(13-21-18)15-7-9-20-10-8-15/h3-6,15,17-18,20-21H,2,7-13H2,1H3,(H,22,23)/t17?,18-/m0/s1. The molecule has 1 amide bonds. The Kier molecular flexibility index (Phi) is 5.68. The molecule has 0 aromatic heterocycles. The van der Waals surface area contributed by atoms with Crippen LogP contribution in [0.2, 0.25) is 0 Å². The number of nitrogens with one attached hydrogen (secondary N) is 3. The molecule has 0 spiro atoms. The summed E-state index contributed by atoms with van der Waals surface area (Å²) in [5, 5.41) is 9.98. The number of carbonyl (C=O) groups is 1. The van der Waals surface area contributed by atoms with E-state index < -0.39 is 0 Å². The van der Waals surface area contributed by atoms with Crippen LogP contribution in [-0.4, -0.2) is 31.6 Å². The van der Waals surface area contributed by atoms with E-state index in [0.29, 0.717) is 12.5 Å². The van der Waals surface area contributed by atoms with Crippen molar-refractivity contribution in [2.24, 2.45) is 11.8 Å². The number of piperidine rings is 1. The van der Waals surface area contributed by atoms with E-state index in [-0.39, 0.29) is 11.9 Å². The highest BCUT2D eigenvalue weighted by Gasteiger charge is 2.34. The molecule has 0 bridgehead atoms. The lowest BCUT2D eigenvalue weighted by Crippen LogP contribution is -2.40. The Morgan fingerprint density at radius 3 is 2.65 bits per heavy atom. The summed E-state index contributed by atoms with van der Waals surface area (Å²) in [6.07, 6.45) is 4.51. The van der Waals surface area contributed by atoms with Crippen LogP contribution in [0.1, 0.15) is 37.3 Å². The van der Waals surface area contributed by atoms with Gasteiger partial charge in [-0.2, -0.15) is 0 Å². The first-order valence-corrected chi connectivity index (χ1v) is 9.06. The van der Waals surface area contributed by atoms with Gasteiger partial charge in [0.2, 0.25) is 5.91 Å². The SMILES string of the molecule is CCc1ccccc1CNC(=O)[C@@H]1CC(C2CCNCC2)CN1. The molecule has 126 valence electrons. The highest BCUT2D eigenvalue weighted by molar-refractivity contribution is 5.82. The molecule has 2 aliphatic rings. The summed E-state index contributed by atoms with van der Waals surface area (Å²) in [5.41, 5.74) is 2.55. The molecule has 0 radical (unpaired) electrons. The first-order chi connectivity index (χ1) is 11.3. The van der Waals surface area contributed by atoms with Crippen molar-refractivity contribution in [2.45, 2.75) is 45.2 Å². The lowest BCUT2D eigenvalue weighted by Gasteiger charge is -2.27. The predicted molar refractivity (Wildman–Crippen MR) is 93.2 cm³/mol. The molecule has 3 rings (SSSR count). The number of benzene rings is 1. The average molecular weight is 315 g/mol. The maximum atomic E-state index is 12.5. The fourth-order valence-corrected chi connectivity index (χ4v) is 4.02. The van der Waals surface area contributed by atoms with Crippen molar-refractivity contribution in [3.05, 3.63) is 35.4 Å². The molecule has 23 heavy (non-hydrogen) atoms. The fraction of sp³-hybridized carbons (Fsp3) is 0.632. The Bertz CT molecular complexity index is 525. The highest BCUT2D eigenvalue weighted by Crippen LogP contribution is 2.29. The molecule has 2 heterocycles. The van der Waals surface area contributed by atoms with E-state index in [1.54, 1.807) is 0 Å². The Balaban J connectivity index is 1.49. The zero-order valence-electron chi connectivity index (χ0n) is 14.1. The smallest absolute Gasteiger partial charge is 0.237 e. The van der Waals surface area contributed by atoms with Crippen LogP contribution in [0.25, 0.3) is 0 Å². The molecule has 4 nitrogen and oxygen atoms in total. The Morgan fingerprint density at radius 2 is 1.91 bits per heavy atom. The van der Waals surface area contributed by atoms with Crippen molar-refractivity contribution < 1.29 is 4.79 Å². The summed E-state index contributed by atoms with van der Waals surface area (Å²) in [6.45, 7) is 6.05. The molecule has 4 heteroatoms. The molecule has 2 fully saturated rings. The summed E-state index contributed by atoms with van der Waals surface area (Å²) in [7, 11) is 0. The number of hydrogen-bond acceptors (Lipinski definition) is 3. The number of rotatable bonds is 5. The van der Waals surface area contributed by atoms with Gasteiger partial charge in [0.25, 0.3) is 0 Å². The van der Waals surface area contributed by atoms with Crippen molar-refractivity contribution >= 4 is 5.91 Å². The Labute approximate surface area is 139 Å². The molecule has 0 saturated carbocycles. The van der Waals surface area contributed by atoms with Gasteiger partial charge in [-0.15, -0.1) is 0 Å². The van der Waals surface area contributed by atoms with Crippen LogP contribution >= 0.6 is 0 Å². The van der Waals surface area contributed by atoms with Crippen molar-refractivity contribution in [1.82, 2.24) is 16.0 Å². The summed E-state index contributed by atoms with van der Waals surface area (Å²) >= 11 is 0. The quantitative estimate of drug-likeness (QED) is 0.777. The van der Waals surface area contributed by atoms with E-state index in [9.17, 15) is 4.79 Å². The van der Waals surface area contributed by atoms with Crippen LogP contribution in [0.15, 0.2) is 24.3 Å². The van der Waals surface area contributed by atoms with E-state index in [2.05, 4.69) is 41.1 Å². The van der Waals surface area contributed by atoms with Gasteiger partial charge < -0.3 is 16.0 Å². The van der Waals surface area contributed by atoms with Gasteiger partial charge in [-0.3, -0.25) is 4.79 Å². The second-order valence-electron chi connectivity index (χ2n) is 6.88.